The van der Waals surface area contributed by atoms with Crippen molar-refractivity contribution >= 4 is 23.5 Å². The second-order valence-electron chi connectivity index (χ2n) is 3.84. The highest BCUT2D eigenvalue weighted by atomic mass is 35.5. The van der Waals surface area contributed by atoms with Crippen LogP contribution in [0, 0.1) is 0 Å². The van der Waals surface area contributed by atoms with Gasteiger partial charge < -0.3 is 4.90 Å². The molecule has 0 aromatic rings. The maximum Gasteiger partial charge on any atom is 0.335 e. The summed E-state index contributed by atoms with van der Waals surface area (Å²) in [5, 5.41) is 3.23. The molecule has 6 nitrogen and oxygen atoms in total. The molecule has 1 heterocycles. The highest BCUT2D eigenvalue weighted by Crippen LogP contribution is 1.96. The number of hydrazine groups is 1. The van der Waals surface area contributed by atoms with Gasteiger partial charge in [-0.15, -0.1) is 11.6 Å². The van der Waals surface area contributed by atoms with Crippen LogP contribution in [-0.4, -0.2) is 60.5 Å². The van der Waals surface area contributed by atoms with Gasteiger partial charge in [0.15, 0.2) is 0 Å². The normalized spacial score (nSPS) is 20.2. The molecule has 1 unspecified atom stereocenters. The maximum absolute atomic E-state index is 11.4. The van der Waals surface area contributed by atoms with E-state index in [0.29, 0.717) is 0 Å². The molecule has 1 atom stereocenters. The Morgan fingerprint density at radius 3 is 2.31 bits per heavy atom. The second-order valence-corrected chi connectivity index (χ2v) is 4.49. The third kappa shape index (κ3) is 4.34. The molecule has 1 aliphatic heterocycles. The van der Waals surface area contributed by atoms with Crippen LogP contribution >= 0.6 is 11.6 Å². The van der Waals surface area contributed by atoms with Gasteiger partial charge in [0.2, 0.25) is 5.91 Å². The molecule has 3 amide bonds. The number of piperazine rings is 1. The van der Waals surface area contributed by atoms with Gasteiger partial charge in [-0.3, -0.25) is 15.5 Å². The smallest absolute Gasteiger partial charge is 0.304 e. The Balaban J connectivity index is 2.26. The van der Waals surface area contributed by atoms with Gasteiger partial charge in [0.05, 0.1) is 0 Å². The number of likely N-dealkylation sites (N-methyl/N-ethyl adjacent to an activating group) is 1. The van der Waals surface area contributed by atoms with Crippen LogP contribution in [0.3, 0.4) is 0 Å². The van der Waals surface area contributed by atoms with Crippen molar-refractivity contribution in [3.63, 3.8) is 0 Å². The predicted molar refractivity (Wildman–Crippen MR) is 61.1 cm³/mol. The molecule has 1 fully saturated rings. The second kappa shape index (κ2) is 6.03. The van der Waals surface area contributed by atoms with E-state index in [4.69, 9.17) is 11.6 Å². The summed E-state index contributed by atoms with van der Waals surface area (Å²) >= 11 is 5.52. The first-order valence-corrected chi connectivity index (χ1v) is 5.61. The van der Waals surface area contributed by atoms with E-state index < -0.39 is 17.3 Å². The van der Waals surface area contributed by atoms with E-state index in [1.54, 1.807) is 5.01 Å². The third-order valence-electron chi connectivity index (χ3n) is 2.36. The number of alkyl halides is 1. The van der Waals surface area contributed by atoms with Gasteiger partial charge in [0.25, 0.3) is 0 Å². The zero-order valence-corrected chi connectivity index (χ0v) is 10.3. The number of urea groups is 1. The Morgan fingerprint density at radius 1 is 1.25 bits per heavy atom. The number of hydrogen-bond donors (Lipinski definition) is 2. The van der Waals surface area contributed by atoms with Crippen molar-refractivity contribution in [2.24, 2.45) is 0 Å². The third-order valence-corrected chi connectivity index (χ3v) is 2.56. The van der Waals surface area contributed by atoms with Gasteiger partial charge in [-0.25, -0.2) is 9.80 Å². The Kier molecular flexibility index (Phi) is 4.98. The first-order valence-electron chi connectivity index (χ1n) is 5.18. The van der Waals surface area contributed by atoms with E-state index in [0.717, 1.165) is 26.2 Å². The van der Waals surface area contributed by atoms with Crippen LogP contribution in [0.15, 0.2) is 0 Å². The molecule has 1 aliphatic rings. The van der Waals surface area contributed by atoms with Crippen LogP contribution in [0.2, 0.25) is 0 Å². The van der Waals surface area contributed by atoms with Gasteiger partial charge in [0.1, 0.15) is 5.38 Å². The predicted octanol–water partition coefficient (Wildman–Crippen LogP) is -0.398. The lowest BCUT2D eigenvalue weighted by molar-refractivity contribution is -0.119. The molecule has 7 heteroatoms. The lowest BCUT2D eigenvalue weighted by Gasteiger charge is -2.32. The molecule has 0 saturated carbocycles. The van der Waals surface area contributed by atoms with Crippen LogP contribution in [0.4, 0.5) is 4.79 Å². The minimum absolute atomic E-state index is 0.492. The Labute approximate surface area is 99.9 Å². The summed E-state index contributed by atoms with van der Waals surface area (Å²) < 4.78 is 0. The molecule has 0 bridgehead atoms. The summed E-state index contributed by atoms with van der Waals surface area (Å²) in [6.07, 6.45) is 0. The zero-order valence-electron chi connectivity index (χ0n) is 9.49. The van der Waals surface area contributed by atoms with Crippen LogP contribution in [0.1, 0.15) is 6.92 Å². The van der Waals surface area contributed by atoms with Crippen molar-refractivity contribution in [3.05, 3.63) is 0 Å². The highest BCUT2D eigenvalue weighted by Gasteiger charge is 2.18. The molecule has 0 aromatic heterocycles. The molecule has 0 spiro atoms. The zero-order chi connectivity index (χ0) is 12.1. The molecule has 16 heavy (non-hydrogen) atoms. The summed E-state index contributed by atoms with van der Waals surface area (Å²) in [5.74, 6) is -0.492. The molecule has 92 valence electrons. The number of rotatable bonds is 2. The van der Waals surface area contributed by atoms with E-state index in [1.165, 1.54) is 6.92 Å². The lowest BCUT2D eigenvalue weighted by Crippen LogP contribution is -2.56. The largest absolute Gasteiger partial charge is 0.335 e. The molecule has 1 saturated heterocycles. The highest BCUT2D eigenvalue weighted by molar-refractivity contribution is 6.31. The van der Waals surface area contributed by atoms with Gasteiger partial charge in [0, 0.05) is 26.2 Å². The van der Waals surface area contributed by atoms with Gasteiger partial charge in [-0.05, 0) is 14.0 Å². The van der Waals surface area contributed by atoms with Crippen molar-refractivity contribution in [2.75, 3.05) is 33.2 Å². The summed E-state index contributed by atoms with van der Waals surface area (Å²) in [6, 6.07) is -0.526. The Bertz CT molecular complexity index is 264. The minimum atomic E-state index is -0.710. The lowest BCUT2D eigenvalue weighted by atomic mass is 10.4. The number of nitrogens with zero attached hydrogens (tertiary/aromatic N) is 2. The van der Waals surface area contributed by atoms with Crippen LogP contribution in [-0.2, 0) is 4.79 Å². The van der Waals surface area contributed by atoms with Gasteiger partial charge >= 0.3 is 6.03 Å². The molecule has 2 N–H and O–H groups in total. The first kappa shape index (κ1) is 13.2. The average Bonchev–Trinajstić information content (AvgIpc) is 2.21. The van der Waals surface area contributed by atoms with E-state index in [-0.39, 0.29) is 0 Å². The first-order chi connectivity index (χ1) is 7.49. The maximum atomic E-state index is 11.4. The number of imide groups is 1. The summed E-state index contributed by atoms with van der Waals surface area (Å²) in [4.78, 5) is 24.6. The number of carbonyl (C=O) groups is 2. The fraction of sp³-hybridized carbons (Fsp3) is 0.778. The summed E-state index contributed by atoms with van der Waals surface area (Å²) in [7, 11) is 2.02. The topological polar surface area (TPSA) is 64.7 Å². The number of halogens is 1. The summed E-state index contributed by atoms with van der Waals surface area (Å²) in [6.45, 7) is 4.78. The van der Waals surface area contributed by atoms with E-state index in [9.17, 15) is 9.59 Å². The minimum Gasteiger partial charge on any atom is -0.304 e. The SMILES string of the molecule is CC(Cl)C(=O)NC(=O)NN1CCN(C)CC1. The summed E-state index contributed by atoms with van der Waals surface area (Å²) in [5.41, 5.74) is 2.60. The fourth-order valence-electron chi connectivity index (χ4n) is 1.30. The van der Waals surface area contributed by atoms with Crippen LogP contribution < -0.4 is 10.7 Å². The van der Waals surface area contributed by atoms with Gasteiger partial charge in [-0.2, -0.15) is 0 Å². The van der Waals surface area contributed by atoms with E-state index in [1.807, 2.05) is 7.05 Å². The molecular formula is C9H17ClN4O2. The molecule has 0 radical (unpaired) electrons. The molecule has 0 aliphatic carbocycles. The van der Waals surface area contributed by atoms with Crippen molar-refractivity contribution < 1.29 is 9.59 Å². The van der Waals surface area contributed by atoms with Crippen molar-refractivity contribution in [1.82, 2.24) is 20.7 Å². The Hall–Kier alpha value is -0.850. The molecule has 1 rings (SSSR count). The van der Waals surface area contributed by atoms with Gasteiger partial charge in [-0.1, -0.05) is 0 Å². The van der Waals surface area contributed by atoms with Crippen molar-refractivity contribution in [2.45, 2.75) is 12.3 Å². The van der Waals surface area contributed by atoms with Crippen molar-refractivity contribution in [3.8, 4) is 0 Å². The average molecular weight is 249 g/mol. The number of carbonyl (C=O) groups excluding carboxylic acids is 2. The van der Waals surface area contributed by atoms with E-state index in [2.05, 4.69) is 15.6 Å². The monoisotopic (exact) mass is 248 g/mol. The standard InChI is InChI=1S/C9H17ClN4O2/c1-7(10)8(15)11-9(16)12-14-5-3-13(2)4-6-14/h7H,3-6H2,1-2H3,(H2,11,12,15,16). The van der Waals surface area contributed by atoms with E-state index >= 15 is 0 Å². The number of hydrogen-bond acceptors (Lipinski definition) is 4. The molecule has 0 aromatic carbocycles. The molecular weight excluding hydrogens is 232 g/mol. The van der Waals surface area contributed by atoms with Crippen LogP contribution in [0.25, 0.3) is 0 Å². The van der Waals surface area contributed by atoms with Crippen LogP contribution in [0.5, 0.6) is 0 Å². The fourth-order valence-corrected chi connectivity index (χ4v) is 1.36. The number of amides is 3. The number of nitrogens with one attached hydrogen (secondary N) is 2. The Morgan fingerprint density at radius 2 is 1.81 bits per heavy atom. The van der Waals surface area contributed by atoms with Crippen molar-refractivity contribution in [1.29, 1.82) is 0 Å². The quantitative estimate of drug-likeness (QED) is 0.653.